The lowest BCUT2D eigenvalue weighted by atomic mass is 10.2. The Balaban J connectivity index is 2.64. The number of hydrogen-bond acceptors (Lipinski definition) is 3. The SMILES string of the molecule is CC(C)NCCOc1cccc(Br)c1C(N)=O. The summed E-state index contributed by atoms with van der Waals surface area (Å²) in [6.07, 6.45) is 0. The van der Waals surface area contributed by atoms with E-state index in [1.54, 1.807) is 12.1 Å². The third-order valence-electron chi connectivity index (χ3n) is 2.13. The molecule has 0 radical (unpaired) electrons. The molecule has 0 aliphatic carbocycles. The highest BCUT2D eigenvalue weighted by Crippen LogP contribution is 2.26. The summed E-state index contributed by atoms with van der Waals surface area (Å²) in [6.45, 7) is 5.35. The summed E-state index contributed by atoms with van der Waals surface area (Å²) in [7, 11) is 0. The van der Waals surface area contributed by atoms with Gasteiger partial charge in [-0.15, -0.1) is 0 Å². The van der Waals surface area contributed by atoms with E-state index < -0.39 is 5.91 Å². The minimum absolute atomic E-state index is 0.386. The van der Waals surface area contributed by atoms with Gasteiger partial charge < -0.3 is 15.8 Å². The zero-order valence-corrected chi connectivity index (χ0v) is 11.6. The van der Waals surface area contributed by atoms with Crippen LogP contribution in [0.1, 0.15) is 24.2 Å². The van der Waals surface area contributed by atoms with E-state index in [0.717, 1.165) is 6.54 Å². The lowest BCUT2D eigenvalue weighted by Crippen LogP contribution is -2.28. The van der Waals surface area contributed by atoms with Crippen molar-refractivity contribution in [2.45, 2.75) is 19.9 Å². The third kappa shape index (κ3) is 4.36. The lowest BCUT2D eigenvalue weighted by molar-refractivity contribution is 0.0995. The van der Waals surface area contributed by atoms with E-state index in [9.17, 15) is 4.79 Å². The second kappa shape index (κ2) is 6.61. The average molecular weight is 301 g/mol. The molecule has 0 bridgehead atoms. The summed E-state index contributed by atoms with van der Waals surface area (Å²) in [5, 5.41) is 3.23. The fourth-order valence-corrected chi connectivity index (χ4v) is 1.92. The molecule has 0 spiro atoms. The number of nitrogens with one attached hydrogen (secondary N) is 1. The Morgan fingerprint density at radius 3 is 2.82 bits per heavy atom. The fourth-order valence-electron chi connectivity index (χ4n) is 1.37. The monoisotopic (exact) mass is 300 g/mol. The van der Waals surface area contributed by atoms with Gasteiger partial charge in [-0.25, -0.2) is 0 Å². The first-order valence-corrected chi connectivity index (χ1v) is 6.26. The standard InChI is InChI=1S/C12H17BrN2O2/c1-8(2)15-6-7-17-10-5-3-4-9(13)11(10)12(14)16/h3-5,8,15H,6-7H2,1-2H3,(H2,14,16). The van der Waals surface area contributed by atoms with E-state index in [1.807, 2.05) is 6.07 Å². The first kappa shape index (κ1) is 14.0. The van der Waals surface area contributed by atoms with Crippen LogP contribution in [-0.2, 0) is 0 Å². The van der Waals surface area contributed by atoms with Crippen LogP contribution in [0, 0.1) is 0 Å². The van der Waals surface area contributed by atoms with Gasteiger partial charge in [0.2, 0.25) is 0 Å². The molecule has 0 heterocycles. The second-order valence-corrected chi connectivity index (χ2v) is 4.79. The molecule has 17 heavy (non-hydrogen) atoms. The Morgan fingerprint density at radius 1 is 1.53 bits per heavy atom. The molecule has 1 aromatic rings. The van der Waals surface area contributed by atoms with Crippen LogP contribution in [-0.4, -0.2) is 25.1 Å². The van der Waals surface area contributed by atoms with Gasteiger partial charge in [-0.05, 0) is 28.1 Å². The first-order chi connectivity index (χ1) is 8.02. The van der Waals surface area contributed by atoms with Crippen LogP contribution in [0.25, 0.3) is 0 Å². The largest absolute Gasteiger partial charge is 0.491 e. The molecule has 1 rings (SSSR count). The van der Waals surface area contributed by atoms with Gasteiger partial charge in [0.25, 0.3) is 5.91 Å². The van der Waals surface area contributed by atoms with Crippen LogP contribution < -0.4 is 15.8 Å². The topological polar surface area (TPSA) is 64.3 Å². The molecule has 0 atom stereocenters. The highest BCUT2D eigenvalue weighted by Gasteiger charge is 2.12. The summed E-state index contributed by atoms with van der Waals surface area (Å²) < 4.78 is 6.19. The molecule has 4 nitrogen and oxygen atoms in total. The van der Waals surface area contributed by atoms with Crippen LogP contribution in [0.5, 0.6) is 5.75 Å². The highest BCUT2D eigenvalue weighted by molar-refractivity contribution is 9.10. The van der Waals surface area contributed by atoms with E-state index in [-0.39, 0.29) is 0 Å². The molecule has 94 valence electrons. The summed E-state index contributed by atoms with van der Waals surface area (Å²) in [5.74, 6) is 0.0155. The molecule has 0 aliphatic heterocycles. The van der Waals surface area contributed by atoms with E-state index >= 15 is 0 Å². The third-order valence-corrected chi connectivity index (χ3v) is 2.79. The number of hydrogen-bond donors (Lipinski definition) is 2. The number of benzene rings is 1. The predicted octanol–water partition coefficient (Wildman–Crippen LogP) is 1.92. The number of rotatable bonds is 6. The fraction of sp³-hybridized carbons (Fsp3) is 0.417. The molecule has 0 aromatic heterocycles. The average Bonchev–Trinajstić information content (AvgIpc) is 2.23. The van der Waals surface area contributed by atoms with Crippen molar-refractivity contribution in [1.29, 1.82) is 0 Å². The number of primary amides is 1. The zero-order valence-electron chi connectivity index (χ0n) is 10.00. The van der Waals surface area contributed by atoms with Crippen molar-refractivity contribution in [3.63, 3.8) is 0 Å². The number of amides is 1. The van der Waals surface area contributed by atoms with Crippen molar-refractivity contribution in [3.05, 3.63) is 28.2 Å². The Hall–Kier alpha value is -1.07. The molecule has 0 aliphatic rings. The van der Waals surface area contributed by atoms with E-state index in [0.29, 0.717) is 28.4 Å². The van der Waals surface area contributed by atoms with E-state index in [2.05, 4.69) is 35.1 Å². The van der Waals surface area contributed by atoms with Crippen molar-refractivity contribution in [2.75, 3.05) is 13.2 Å². The Morgan fingerprint density at radius 2 is 2.24 bits per heavy atom. The zero-order chi connectivity index (χ0) is 12.8. The van der Waals surface area contributed by atoms with Crippen molar-refractivity contribution >= 4 is 21.8 Å². The van der Waals surface area contributed by atoms with Gasteiger partial charge >= 0.3 is 0 Å². The molecule has 5 heteroatoms. The van der Waals surface area contributed by atoms with Gasteiger partial charge in [0.05, 0.1) is 5.56 Å². The number of ether oxygens (including phenoxy) is 1. The summed E-state index contributed by atoms with van der Waals surface area (Å²) in [5.41, 5.74) is 5.69. The van der Waals surface area contributed by atoms with Gasteiger partial charge in [0.15, 0.2) is 0 Å². The van der Waals surface area contributed by atoms with Crippen molar-refractivity contribution in [2.24, 2.45) is 5.73 Å². The summed E-state index contributed by atoms with van der Waals surface area (Å²) in [6, 6.07) is 5.72. The predicted molar refractivity (Wildman–Crippen MR) is 71.3 cm³/mol. The molecule has 1 amide bonds. The molecule has 3 N–H and O–H groups in total. The maximum atomic E-state index is 11.3. The molecular weight excluding hydrogens is 284 g/mol. The molecule has 0 saturated heterocycles. The smallest absolute Gasteiger partial charge is 0.253 e. The van der Waals surface area contributed by atoms with Crippen LogP contribution in [0.3, 0.4) is 0 Å². The van der Waals surface area contributed by atoms with Gasteiger partial charge in [-0.3, -0.25) is 4.79 Å². The van der Waals surface area contributed by atoms with Crippen LogP contribution in [0.15, 0.2) is 22.7 Å². The van der Waals surface area contributed by atoms with E-state index in [4.69, 9.17) is 10.5 Å². The van der Waals surface area contributed by atoms with Crippen molar-refractivity contribution < 1.29 is 9.53 Å². The quantitative estimate of drug-likeness (QED) is 0.789. The Bertz CT molecular complexity index is 394. The van der Waals surface area contributed by atoms with Crippen LogP contribution >= 0.6 is 15.9 Å². The highest BCUT2D eigenvalue weighted by atomic mass is 79.9. The number of carbonyl (C=O) groups is 1. The molecule has 0 saturated carbocycles. The maximum absolute atomic E-state index is 11.3. The van der Waals surface area contributed by atoms with E-state index in [1.165, 1.54) is 0 Å². The minimum atomic E-state index is -0.496. The van der Waals surface area contributed by atoms with Crippen LogP contribution in [0.2, 0.25) is 0 Å². The Kier molecular flexibility index (Phi) is 5.44. The van der Waals surface area contributed by atoms with Gasteiger partial charge in [-0.1, -0.05) is 19.9 Å². The summed E-state index contributed by atoms with van der Waals surface area (Å²) in [4.78, 5) is 11.3. The second-order valence-electron chi connectivity index (χ2n) is 3.93. The number of carbonyl (C=O) groups excluding carboxylic acids is 1. The normalized spacial score (nSPS) is 10.6. The van der Waals surface area contributed by atoms with Gasteiger partial charge in [0, 0.05) is 17.1 Å². The maximum Gasteiger partial charge on any atom is 0.253 e. The van der Waals surface area contributed by atoms with Crippen LogP contribution in [0.4, 0.5) is 0 Å². The van der Waals surface area contributed by atoms with Gasteiger partial charge in [0.1, 0.15) is 12.4 Å². The molecule has 0 fully saturated rings. The number of halogens is 1. The molecule has 0 unspecified atom stereocenters. The van der Waals surface area contributed by atoms with Crippen molar-refractivity contribution in [3.8, 4) is 5.75 Å². The molecule has 1 aromatic carbocycles. The molecular formula is C12H17BrN2O2. The Labute approximate surface area is 110 Å². The van der Waals surface area contributed by atoms with Gasteiger partial charge in [-0.2, -0.15) is 0 Å². The lowest BCUT2D eigenvalue weighted by Gasteiger charge is -2.12. The first-order valence-electron chi connectivity index (χ1n) is 5.47. The van der Waals surface area contributed by atoms with Crippen molar-refractivity contribution in [1.82, 2.24) is 5.32 Å². The summed E-state index contributed by atoms with van der Waals surface area (Å²) >= 11 is 3.28. The number of nitrogens with two attached hydrogens (primary N) is 1. The minimum Gasteiger partial charge on any atom is -0.491 e.